The molecule has 0 aliphatic heterocycles. The van der Waals surface area contributed by atoms with Crippen molar-refractivity contribution in [2.24, 2.45) is 0 Å². The van der Waals surface area contributed by atoms with Crippen molar-refractivity contribution >= 4 is 11.3 Å². The summed E-state index contributed by atoms with van der Waals surface area (Å²) < 4.78 is 0. The second-order valence-electron chi connectivity index (χ2n) is 4.38. The fourth-order valence-corrected chi connectivity index (χ4v) is 2.74. The van der Waals surface area contributed by atoms with Crippen molar-refractivity contribution in [1.29, 1.82) is 0 Å². The van der Waals surface area contributed by atoms with Crippen LogP contribution in [0.2, 0.25) is 0 Å². The topological polar surface area (TPSA) is 24.9 Å². The van der Waals surface area contributed by atoms with E-state index in [1.807, 2.05) is 11.6 Å². The van der Waals surface area contributed by atoms with Crippen LogP contribution in [0, 0.1) is 0 Å². The molecule has 1 N–H and O–H groups in total. The summed E-state index contributed by atoms with van der Waals surface area (Å²) in [5.41, 5.74) is 2.73. The highest BCUT2D eigenvalue weighted by Crippen LogP contribution is 2.19. The van der Waals surface area contributed by atoms with E-state index in [0.717, 1.165) is 19.4 Å². The van der Waals surface area contributed by atoms with Crippen LogP contribution in [0.5, 0.6) is 0 Å². The molecule has 0 saturated carbocycles. The third kappa shape index (κ3) is 3.40. The molecule has 2 nitrogen and oxygen atoms in total. The van der Waals surface area contributed by atoms with Gasteiger partial charge in [0.2, 0.25) is 0 Å². The fourth-order valence-electron chi connectivity index (χ4n) is 1.95. The van der Waals surface area contributed by atoms with Gasteiger partial charge in [0, 0.05) is 18.1 Å². The fraction of sp³-hybridized carbons (Fsp3) is 0.400. The average molecular weight is 260 g/mol. The molecule has 0 amide bonds. The van der Waals surface area contributed by atoms with Gasteiger partial charge in [-0.1, -0.05) is 38.1 Å². The highest BCUT2D eigenvalue weighted by molar-refractivity contribution is 7.09. The first-order valence-corrected chi connectivity index (χ1v) is 7.42. The second kappa shape index (κ2) is 6.66. The monoisotopic (exact) mass is 260 g/mol. The maximum absolute atomic E-state index is 4.38. The Morgan fingerprint density at radius 2 is 1.89 bits per heavy atom. The summed E-state index contributed by atoms with van der Waals surface area (Å²) in [7, 11) is 0. The molecule has 1 heterocycles. The van der Waals surface area contributed by atoms with E-state index in [2.05, 4.69) is 48.4 Å². The molecule has 1 aromatic carbocycles. The van der Waals surface area contributed by atoms with Crippen LogP contribution in [-0.4, -0.2) is 4.98 Å². The number of benzene rings is 1. The van der Waals surface area contributed by atoms with Crippen molar-refractivity contribution in [2.75, 3.05) is 0 Å². The van der Waals surface area contributed by atoms with Gasteiger partial charge in [-0.25, -0.2) is 4.98 Å². The summed E-state index contributed by atoms with van der Waals surface area (Å²) in [4.78, 5) is 4.38. The van der Waals surface area contributed by atoms with Crippen LogP contribution in [0.25, 0.3) is 0 Å². The summed E-state index contributed by atoms with van der Waals surface area (Å²) in [5, 5.41) is 6.79. The van der Waals surface area contributed by atoms with Crippen molar-refractivity contribution < 1.29 is 0 Å². The largest absolute Gasteiger partial charge is 0.304 e. The quantitative estimate of drug-likeness (QED) is 0.850. The minimum Gasteiger partial charge on any atom is -0.304 e. The minimum absolute atomic E-state index is 0.371. The lowest BCUT2D eigenvalue weighted by Crippen LogP contribution is -2.20. The highest BCUT2D eigenvalue weighted by Gasteiger charge is 2.10. The molecule has 0 aliphatic rings. The molecule has 0 spiro atoms. The molecule has 2 aromatic rings. The predicted octanol–water partition coefficient (Wildman–Crippen LogP) is 3.95. The normalized spacial score (nSPS) is 12.6. The molecule has 0 radical (unpaired) electrons. The highest BCUT2D eigenvalue weighted by atomic mass is 32.1. The number of thiazole rings is 1. The van der Waals surface area contributed by atoms with Crippen LogP contribution in [0.4, 0.5) is 0 Å². The Morgan fingerprint density at radius 3 is 2.44 bits per heavy atom. The molecule has 0 aliphatic carbocycles. The number of nitrogens with zero attached hydrogens (tertiary/aromatic N) is 1. The van der Waals surface area contributed by atoms with Crippen LogP contribution in [-0.2, 0) is 13.0 Å². The molecule has 18 heavy (non-hydrogen) atoms. The average Bonchev–Trinajstić information content (AvgIpc) is 2.94. The Labute approximate surface area is 113 Å². The van der Waals surface area contributed by atoms with Gasteiger partial charge in [0.15, 0.2) is 0 Å². The first-order chi connectivity index (χ1) is 8.83. The number of hydrogen-bond acceptors (Lipinski definition) is 3. The smallest absolute Gasteiger partial charge is 0.109 e. The van der Waals surface area contributed by atoms with Crippen molar-refractivity contribution in [1.82, 2.24) is 10.3 Å². The third-order valence-corrected chi connectivity index (χ3v) is 4.03. The molecule has 96 valence electrons. The number of nitrogens with one attached hydrogen (secondary N) is 1. The Hall–Kier alpha value is -1.19. The van der Waals surface area contributed by atoms with Gasteiger partial charge in [-0.2, -0.15) is 0 Å². The van der Waals surface area contributed by atoms with E-state index >= 15 is 0 Å². The zero-order valence-electron chi connectivity index (χ0n) is 11.0. The lowest BCUT2D eigenvalue weighted by molar-refractivity contribution is 0.516. The van der Waals surface area contributed by atoms with Crippen LogP contribution >= 0.6 is 11.3 Å². The number of aromatic nitrogens is 1. The Bertz CT molecular complexity index is 448. The van der Waals surface area contributed by atoms with E-state index < -0.39 is 0 Å². The third-order valence-electron chi connectivity index (χ3n) is 3.14. The molecule has 0 bridgehead atoms. The van der Waals surface area contributed by atoms with Gasteiger partial charge in [-0.05, 0) is 24.0 Å². The van der Waals surface area contributed by atoms with E-state index in [9.17, 15) is 0 Å². The van der Waals surface area contributed by atoms with E-state index in [0.29, 0.717) is 6.04 Å². The van der Waals surface area contributed by atoms with Gasteiger partial charge in [0.25, 0.3) is 0 Å². The lowest BCUT2D eigenvalue weighted by Gasteiger charge is -2.14. The molecule has 1 aromatic heterocycles. The molecule has 0 saturated heterocycles. The van der Waals surface area contributed by atoms with Gasteiger partial charge in [-0.15, -0.1) is 11.3 Å². The molecular formula is C15H20N2S. The first kappa shape index (κ1) is 13.2. The SMILES string of the molecule is CCc1ccc(CNC(CC)c2nccs2)cc1. The zero-order valence-corrected chi connectivity index (χ0v) is 11.8. The molecular weight excluding hydrogens is 240 g/mol. The van der Waals surface area contributed by atoms with Gasteiger partial charge in [0.05, 0.1) is 6.04 Å². The van der Waals surface area contributed by atoms with Crippen LogP contribution in [0.1, 0.15) is 42.4 Å². The molecule has 3 heteroatoms. The summed E-state index contributed by atoms with van der Waals surface area (Å²) in [6, 6.07) is 9.21. The summed E-state index contributed by atoms with van der Waals surface area (Å²) >= 11 is 1.72. The summed E-state index contributed by atoms with van der Waals surface area (Å²) in [6.07, 6.45) is 4.05. The van der Waals surface area contributed by atoms with Crippen molar-refractivity contribution in [3.05, 3.63) is 52.0 Å². The minimum atomic E-state index is 0.371. The molecule has 2 rings (SSSR count). The van der Waals surface area contributed by atoms with Crippen LogP contribution in [0.15, 0.2) is 35.8 Å². The van der Waals surface area contributed by atoms with Gasteiger partial charge in [0.1, 0.15) is 5.01 Å². The Kier molecular flexibility index (Phi) is 4.90. The van der Waals surface area contributed by atoms with Gasteiger partial charge < -0.3 is 5.32 Å². The van der Waals surface area contributed by atoms with Crippen LogP contribution < -0.4 is 5.32 Å². The lowest BCUT2D eigenvalue weighted by atomic mass is 10.1. The van der Waals surface area contributed by atoms with E-state index in [-0.39, 0.29) is 0 Å². The van der Waals surface area contributed by atoms with Crippen molar-refractivity contribution in [3.63, 3.8) is 0 Å². The van der Waals surface area contributed by atoms with E-state index in [1.165, 1.54) is 16.1 Å². The number of hydrogen-bond donors (Lipinski definition) is 1. The molecule has 0 fully saturated rings. The number of aryl methyl sites for hydroxylation is 1. The van der Waals surface area contributed by atoms with E-state index in [4.69, 9.17) is 0 Å². The van der Waals surface area contributed by atoms with Crippen molar-refractivity contribution in [3.8, 4) is 0 Å². The second-order valence-corrected chi connectivity index (χ2v) is 5.31. The predicted molar refractivity (Wildman–Crippen MR) is 77.8 cm³/mol. The maximum atomic E-state index is 4.38. The van der Waals surface area contributed by atoms with Gasteiger partial charge in [-0.3, -0.25) is 0 Å². The molecule has 1 unspecified atom stereocenters. The Morgan fingerprint density at radius 1 is 1.17 bits per heavy atom. The summed E-state index contributed by atoms with van der Waals surface area (Å²) in [5.74, 6) is 0. The Balaban J connectivity index is 1.93. The maximum Gasteiger partial charge on any atom is 0.109 e. The summed E-state index contributed by atoms with van der Waals surface area (Å²) in [6.45, 7) is 5.28. The molecule has 1 atom stereocenters. The zero-order chi connectivity index (χ0) is 12.8. The van der Waals surface area contributed by atoms with Crippen molar-refractivity contribution in [2.45, 2.75) is 39.3 Å². The standard InChI is InChI=1S/C15H20N2S/c1-3-12-5-7-13(8-6-12)11-17-14(4-2)15-16-9-10-18-15/h5-10,14,17H,3-4,11H2,1-2H3. The van der Waals surface area contributed by atoms with E-state index in [1.54, 1.807) is 11.3 Å². The first-order valence-electron chi connectivity index (χ1n) is 6.54. The number of rotatable bonds is 6. The van der Waals surface area contributed by atoms with Gasteiger partial charge >= 0.3 is 0 Å². The van der Waals surface area contributed by atoms with Crippen LogP contribution in [0.3, 0.4) is 0 Å².